The molecule has 0 aliphatic rings. The molecular formula is C14H18N4O4S. The fraction of sp³-hybridized carbons (Fsp3) is 0.357. The molecule has 1 atom stereocenters. The molecule has 8 nitrogen and oxygen atoms in total. The summed E-state index contributed by atoms with van der Waals surface area (Å²) in [6, 6.07) is 5.38. The first-order valence-corrected chi connectivity index (χ1v) is 8.36. The van der Waals surface area contributed by atoms with Crippen LogP contribution in [0.3, 0.4) is 0 Å². The second kappa shape index (κ2) is 6.47. The number of aryl methyl sites for hydroxylation is 1. The Morgan fingerprint density at radius 1 is 1.30 bits per heavy atom. The normalized spacial score (nSPS) is 12.9. The molecule has 0 aliphatic heterocycles. The van der Waals surface area contributed by atoms with Gasteiger partial charge in [0, 0.05) is 26.6 Å². The number of carbonyl (C=O) groups is 1. The summed E-state index contributed by atoms with van der Waals surface area (Å²) >= 11 is 0. The topological polar surface area (TPSA) is 105 Å². The maximum absolute atomic E-state index is 12.4. The highest BCUT2D eigenvalue weighted by molar-refractivity contribution is 7.89. The minimum atomic E-state index is -3.74. The zero-order chi connectivity index (χ0) is 17.2. The Bertz CT molecular complexity index is 798. The van der Waals surface area contributed by atoms with Gasteiger partial charge in [-0.15, -0.1) is 0 Å². The molecule has 1 aromatic heterocycles. The Morgan fingerprint density at radius 3 is 2.39 bits per heavy atom. The van der Waals surface area contributed by atoms with Gasteiger partial charge in [-0.1, -0.05) is 5.16 Å². The van der Waals surface area contributed by atoms with Gasteiger partial charge in [0.05, 0.1) is 10.9 Å². The molecule has 9 heteroatoms. The molecule has 0 saturated heterocycles. The van der Waals surface area contributed by atoms with E-state index in [9.17, 15) is 13.2 Å². The molecule has 0 saturated carbocycles. The fourth-order valence-corrected chi connectivity index (χ4v) is 3.08. The van der Waals surface area contributed by atoms with E-state index < -0.39 is 16.1 Å². The molecule has 2 rings (SSSR count). The van der Waals surface area contributed by atoms with Crippen LogP contribution in [0.4, 0.5) is 5.69 Å². The molecule has 1 amide bonds. The lowest BCUT2D eigenvalue weighted by Crippen LogP contribution is -2.28. The summed E-state index contributed by atoms with van der Waals surface area (Å²) in [5.41, 5.74) is 0.610. The number of aromatic nitrogens is 2. The summed E-state index contributed by atoms with van der Waals surface area (Å²) in [5.74, 6) is 0.488. The van der Waals surface area contributed by atoms with Crippen molar-refractivity contribution in [2.24, 2.45) is 0 Å². The molecule has 0 unspecified atom stereocenters. The Labute approximate surface area is 134 Å². The monoisotopic (exact) mass is 338 g/mol. The predicted octanol–water partition coefficient (Wildman–Crippen LogP) is 1.40. The highest BCUT2D eigenvalue weighted by atomic mass is 32.2. The second-order valence-electron chi connectivity index (χ2n) is 5.09. The minimum Gasteiger partial charge on any atom is -0.340 e. The number of benzene rings is 1. The van der Waals surface area contributed by atoms with Crippen molar-refractivity contribution in [1.29, 1.82) is 0 Å². The Morgan fingerprint density at radius 2 is 1.91 bits per heavy atom. The molecule has 124 valence electrons. The van der Waals surface area contributed by atoms with Crippen LogP contribution in [0.2, 0.25) is 0 Å². The molecule has 0 spiro atoms. The van der Waals surface area contributed by atoms with E-state index in [2.05, 4.69) is 14.9 Å². The lowest BCUT2D eigenvalue weighted by Gasteiger charge is -2.16. The first-order valence-electron chi connectivity index (χ1n) is 6.87. The van der Waals surface area contributed by atoms with E-state index in [0.717, 1.165) is 0 Å². The van der Waals surface area contributed by atoms with Gasteiger partial charge in [0.1, 0.15) is 0 Å². The third-order valence-corrected chi connectivity index (χ3v) is 4.83. The lowest BCUT2D eigenvalue weighted by atomic mass is 10.3. The summed E-state index contributed by atoms with van der Waals surface area (Å²) in [4.78, 5) is 16.8. The zero-order valence-electron chi connectivity index (χ0n) is 13.3. The number of hydrogen-bond donors (Lipinski definition) is 1. The first-order chi connectivity index (χ1) is 10.7. The van der Waals surface area contributed by atoms with Crippen molar-refractivity contribution in [1.82, 2.24) is 14.9 Å². The number of amides is 1. The van der Waals surface area contributed by atoms with Gasteiger partial charge in [-0.25, -0.2) is 13.1 Å². The van der Waals surface area contributed by atoms with Gasteiger partial charge in [-0.3, -0.25) is 4.79 Å². The van der Waals surface area contributed by atoms with Crippen LogP contribution in [0.25, 0.3) is 0 Å². The van der Waals surface area contributed by atoms with Crippen LogP contribution >= 0.6 is 0 Å². The van der Waals surface area contributed by atoms with Crippen LogP contribution in [0.1, 0.15) is 31.6 Å². The van der Waals surface area contributed by atoms with Gasteiger partial charge in [0.2, 0.25) is 21.8 Å². The van der Waals surface area contributed by atoms with Crippen LogP contribution in [0, 0.1) is 6.92 Å². The molecule has 1 N–H and O–H groups in total. The standard InChI is InChI=1S/C14H18N4O4S/c1-9(14-15-10(2)22-16-14)17-23(20,21)13-7-5-12(6-8-13)18(4)11(3)19/h5-9,17H,1-4H3/t9-/m0/s1. The third kappa shape index (κ3) is 3.93. The van der Waals surface area contributed by atoms with E-state index in [1.807, 2.05) is 0 Å². The van der Waals surface area contributed by atoms with E-state index in [-0.39, 0.29) is 16.6 Å². The number of carbonyl (C=O) groups excluding carboxylic acids is 1. The molecule has 0 radical (unpaired) electrons. The van der Waals surface area contributed by atoms with Crippen LogP contribution in [0.15, 0.2) is 33.7 Å². The molecule has 1 aromatic carbocycles. The zero-order valence-corrected chi connectivity index (χ0v) is 14.1. The average Bonchev–Trinajstić information content (AvgIpc) is 2.93. The maximum Gasteiger partial charge on any atom is 0.241 e. The molecule has 23 heavy (non-hydrogen) atoms. The van der Waals surface area contributed by atoms with Crippen molar-refractivity contribution in [2.75, 3.05) is 11.9 Å². The largest absolute Gasteiger partial charge is 0.340 e. The highest BCUT2D eigenvalue weighted by Crippen LogP contribution is 2.19. The number of rotatable bonds is 5. The molecule has 0 aliphatic carbocycles. The van der Waals surface area contributed by atoms with E-state index in [1.165, 1.54) is 24.0 Å². The van der Waals surface area contributed by atoms with Crippen LogP contribution < -0.4 is 9.62 Å². The summed E-state index contributed by atoms with van der Waals surface area (Å²) < 4.78 is 32.0. The molecule has 1 heterocycles. The Balaban J connectivity index is 2.18. The molecule has 0 fully saturated rings. The SMILES string of the molecule is CC(=O)N(C)c1ccc(S(=O)(=O)N[C@@H](C)c2noc(C)n2)cc1. The predicted molar refractivity (Wildman–Crippen MR) is 83.3 cm³/mol. The van der Waals surface area contributed by atoms with Crippen LogP contribution in [-0.4, -0.2) is 31.5 Å². The number of sulfonamides is 1. The summed E-state index contributed by atoms with van der Waals surface area (Å²) in [7, 11) is -2.12. The van der Waals surface area contributed by atoms with Crippen molar-refractivity contribution in [3.05, 3.63) is 36.0 Å². The summed E-state index contributed by atoms with van der Waals surface area (Å²) in [6.07, 6.45) is 0. The maximum atomic E-state index is 12.4. The Kier molecular flexibility index (Phi) is 4.81. The quantitative estimate of drug-likeness (QED) is 0.883. The number of hydrogen-bond acceptors (Lipinski definition) is 6. The van der Waals surface area contributed by atoms with Gasteiger partial charge in [-0.2, -0.15) is 4.98 Å². The van der Waals surface area contributed by atoms with Gasteiger partial charge < -0.3 is 9.42 Å². The van der Waals surface area contributed by atoms with Gasteiger partial charge in [0.15, 0.2) is 5.82 Å². The third-order valence-electron chi connectivity index (χ3n) is 3.27. The van der Waals surface area contributed by atoms with Crippen LogP contribution in [0.5, 0.6) is 0 Å². The Hall–Kier alpha value is -2.26. The lowest BCUT2D eigenvalue weighted by molar-refractivity contribution is -0.116. The second-order valence-corrected chi connectivity index (χ2v) is 6.80. The van der Waals surface area contributed by atoms with Crippen molar-refractivity contribution < 1.29 is 17.7 Å². The molecular weight excluding hydrogens is 320 g/mol. The van der Waals surface area contributed by atoms with Gasteiger partial charge >= 0.3 is 0 Å². The average molecular weight is 338 g/mol. The van der Waals surface area contributed by atoms with Crippen LogP contribution in [-0.2, 0) is 14.8 Å². The summed E-state index contributed by atoms with van der Waals surface area (Å²) in [5, 5.41) is 3.69. The first kappa shape index (κ1) is 17.1. The smallest absolute Gasteiger partial charge is 0.241 e. The van der Waals surface area contributed by atoms with Crippen molar-refractivity contribution >= 4 is 21.6 Å². The van der Waals surface area contributed by atoms with Crippen molar-refractivity contribution in [3.8, 4) is 0 Å². The highest BCUT2D eigenvalue weighted by Gasteiger charge is 2.21. The van der Waals surface area contributed by atoms with Gasteiger partial charge in [0.25, 0.3) is 0 Å². The summed E-state index contributed by atoms with van der Waals surface area (Å²) in [6.45, 7) is 4.68. The number of anilines is 1. The van der Waals surface area contributed by atoms with Crippen molar-refractivity contribution in [2.45, 2.75) is 31.7 Å². The van der Waals surface area contributed by atoms with E-state index in [1.54, 1.807) is 33.0 Å². The number of nitrogens with one attached hydrogen (secondary N) is 1. The number of nitrogens with zero attached hydrogens (tertiary/aromatic N) is 3. The van der Waals surface area contributed by atoms with E-state index >= 15 is 0 Å². The van der Waals surface area contributed by atoms with Gasteiger partial charge in [-0.05, 0) is 31.2 Å². The minimum absolute atomic E-state index is 0.0882. The van der Waals surface area contributed by atoms with Crippen molar-refractivity contribution in [3.63, 3.8) is 0 Å². The molecule has 0 bridgehead atoms. The molecule has 2 aromatic rings. The van der Waals surface area contributed by atoms with E-state index in [4.69, 9.17) is 4.52 Å². The van der Waals surface area contributed by atoms with E-state index in [0.29, 0.717) is 11.6 Å². The fourth-order valence-electron chi connectivity index (χ4n) is 1.88.